The number of amides is 1. The van der Waals surface area contributed by atoms with Crippen molar-refractivity contribution >= 4 is 12.1 Å². The fraction of sp³-hybridized carbons (Fsp3) is 0.238. The smallest absolute Gasteiger partial charge is 0.271 e. The van der Waals surface area contributed by atoms with E-state index in [9.17, 15) is 4.79 Å². The summed E-state index contributed by atoms with van der Waals surface area (Å²) in [6.07, 6.45) is 3.19. The van der Waals surface area contributed by atoms with Crippen molar-refractivity contribution in [3.8, 4) is 23.0 Å². The molecule has 7 nitrogen and oxygen atoms in total. The topological polar surface area (TPSA) is 78.4 Å². The van der Waals surface area contributed by atoms with Crippen LogP contribution in [-0.4, -0.2) is 39.6 Å². The molecule has 0 fully saturated rings. The SMILES string of the molecule is C=CCOc1ccc(/C=N\NC(=O)c2ccc(OC)c(OC)c2)cc1OCC. The largest absolute Gasteiger partial charge is 0.493 e. The Hall–Kier alpha value is -3.48. The van der Waals surface area contributed by atoms with E-state index in [0.29, 0.717) is 41.8 Å². The normalized spacial score (nSPS) is 10.4. The average molecular weight is 384 g/mol. The summed E-state index contributed by atoms with van der Waals surface area (Å²) in [6, 6.07) is 10.3. The van der Waals surface area contributed by atoms with Crippen LogP contribution in [0, 0.1) is 0 Å². The van der Waals surface area contributed by atoms with Crippen LogP contribution in [0.2, 0.25) is 0 Å². The molecule has 2 aromatic carbocycles. The lowest BCUT2D eigenvalue weighted by atomic mass is 10.2. The van der Waals surface area contributed by atoms with E-state index in [1.807, 2.05) is 13.0 Å². The monoisotopic (exact) mass is 384 g/mol. The molecule has 0 bridgehead atoms. The van der Waals surface area contributed by atoms with Gasteiger partial charge in [0.2, 0.25) is 0 Å². The second-order valence-electron chi connectivity index (χ2n) is 5.51. The number of benzene rings is 2. The van der Waals surface area contributed by atoms with Gasteiger partial charge in [-0.1, -0.05) is 12.7 Å². The van der Waals surface area contributed by atoms with E-state index in [0.717, 1.165) is 5.56 Å². The summed E-state index contributed by atoms with van der Waals surface area (Å²) in [5, 5.41) is 4.00. The minimum Gasteiger partial charge on any atom is -0.493 e. The quantitative estimate of drug-likeness (QED) is 0.386. The molecular formula is C21H24N2O5. The van der Waals surface area contributed by atoms with Crippen LogP contribution in [0.3, 0.4) is 0 Å². The third-order valence-corrected chi connectivity index (χ3v) is 3.65. The minimum absolute atomic E-state index is 0.367. The fourth-order valence-electron chi connectivity index (χ4n) is 2.35. The molecule has 7 heteroatoms. The molecule has 0 heterocycles. The molecule has 0 atom stereocenters. The number of nitrogens with one attached hydrogen (secondary N) is 1. The summed E-state index contributed by atoms with van der Waals surface area (Å²) in [5.74, 6) is 1.86. The average Bonchev–Trinajstić information content (AvgIpc) is 2.72. The first-order chi connectivity index (χ1) is 13.6. The Balaban J connectivity index is 2.08. The molecule has 2 rings (SSSR count). The van der Waals surface area contributed by atoms with Gasteiger partial charge in [-0.25, -0.2) is 5.43 Å². The number of hydrogen-bond acceptors (Lipinski definition) is 6. The first-order valence-corrected chi connectivity index (χ1v) is 8.68. The van der Waals surface area contributed by atoms with Crippen LogP contribution in [0.15, 0.2) is 54.2 Å². The Kier molecular flexibility index (Phi) is 7.90. The Morgan fingerprint density at radius 1 is 1.04 bits per heavy atom. The number of nitrogens with zero attached hydrogens (tertiary/aromatic N) is 1. The van der Waals surface area contributed by atoms with Crippen LogP contribution >= 0.6 is 0 Å². The summed E-state index contributed by atoms with van der Waals surface area (Å²) in [4.78, 5) is 12.3. The lowest BCUT2D eigenvalue weighted by Gasteiger charge is -2.11. The van der Waals surface area contributed by atoms with Crippen molar-refractivity contribution in [1.29, 1.82) is 0 Å². The highest BCUT2D eigenvalue weighted by molar-refractivity contribution is 5.95. The molecule has 148 valence electrons. The highest BCUT2D eigenvalue weighted by Crippen LogP contribution is 2.28. The van der Waals surface area contributed by atoms with Crippen molar-refractivity contribution < 1.29 is 23.7 Å². The number of hydrazone groups is 1. The zero-order chi connectivity index (χ0) is 20.4. The highest BCUT2D eigenvalue weighted by atomic mass is 16.5. The van der Waals surface area contributed by atoms with E-state index in [4.69, 9.17) is 18.9 Å². The molecule has 0 saturated carbocycles. The zero-order valence-electron chi connectivity index (χ0n) is 16.2. The predicted molar refractivity (Wildman–Crippen MR) is 108 cm³/mol. The second kappa shape index (κ2) is 10.6. The van der Waals surface area contributed by atoms with Crippen LogP contribution < -0.4 is 24.4 Å². The molecule has 0 aliphatic heterocycles. The van der Waals surface area contributed by atoms with Crippen LogP contribution in [0.4, 0.5) is 0 Å². The molecule has 0 radical (unpaired) electrons. The minimum atomic E-state index is -0.367. The van der Waals surface area contributed by atoms with Gasteiger partial charge in [0.05, 0.1) is 27.0 Å². The number of methoxy groups -OCH3 is 2. The van der Waals surface area contributed by atoms with E-state index in [1.165, 1.54) is 20.4 Å². The van der Waals surface area contributed by atoms with Crippen molar-refractivity contribution in [3.63, 3.8) is 0 Å². The highest BCUT2D eigenvalue weighted by Gasteiger charge is 2.10. The molecule has 2 aromatic rings. The van der Waals surface area contributed by atoms with Gasteiger partial charge >= 0.3 is 0 Å². The maximum absolute atomic E-state index is 12.3. The molecule has 0 spiro atoms. The first-order valence-electron chi connectivity index (χ1n) is 8.68. The van der Waals surface area contributed by atoms with Gasteiger partial charge in [0, 0.05) is 5.56 Å². The fourth-order valence-corrected chi connectivity index (χ4v) is 2.35. The summed E-state index contributed by atoms with van der Waals surface area (Å²) >= 11 is 0. The Labute approximate surface area is 164 Å². The molecule has 1 N–H and O–H groups in total. The third kappa shape index (κ3) is 5.51. The van der Waals surface area contributed by atoms with Crippen molar-refractivity contribution in [3.05, 3.63) is 60.2 Å². The van der Waals surface area contributed by atoms with Crippen LogP contribution in [-0.2, 0) is 0 Å². The molecule has 1 amide bonds. The van der Waals surface area contributed by atoms with Gasteiger partial charge in [-0.15, -0.1) is 0 Å². The molecule has 0 aliphatic rings. The lowest BCUT2D eigenvalue weighted by molar-refractivity contribution is 0.0954. The zero-order valence-corrected chi connectivity index (χ0v) is 16.2. The maximum atomic E-state index is 12.3. The van der Waals surface area contributed by atoms with Gasteiger partial charge in [0.25, 0.3) is 5.91 Å². The van der Waals surface area contributed by atoms with Crippen molar-refractivity contribution in [2.75, 3.05) is 27.4 Å². The van der Waals surface area contributed by atoms with Gasteiger partial charge in [-0.2, -0.15) is 5.10 Å². The number of rotatable bonds is 10. The van der Waals surface area contributed by atoms with E-state index in [1.54, 1.807) is 36.4 Å². The first kappa shape index (κ1) is 20.8. The van der Waals surface area contributed by atoms with Crippen molar-refractivity contribution in [1.82, 2.24) is 5.43 Å². The number of carbonyl (C=O) groups is 1. The molecule has 0 aromatic heterocycles. The Morgan fingerprint density at radius 3 is 2.46 bits per heavy atom. The second-order valence-corrected chi connectivity index (χ2v) is 5.51. The van der Waals surface area contributed by atoms with Gasteiger partial charge in [0.15, 0.2) is 23.0 Å². The van der Waals surface area contributed by atoms with Gasteiger partial charge in [0.1, 0.15) is 6.61 Å². The number of ether oxygens (including phenoxy) is 4. The van der Waals surface area contributed by atoms with E-state index >= 15 is 0 Å². The van der Waals surface area contributed by atoms with Crippen LogP contribution in [0.1, 0.15) is 22.8 Å². The molecule has 0 saturated heterocycles. The summed E-state index contributed by atoms with van der Waals surface area (Å²) in [7, 11) is 3.04. The van der Waals surface area contributed by atoms with Gasteiger partial charge < -0.3 is 18.9 Å². The van der Waals surface area contributed by atoms with Crippen molar-refractivity contribution in [2.24, 2.45) is 5.10 Å². The van der Waals surface area contributed by atoms with Crippen molar-refractivity contribution in [2.45, 2.75) is 6.92 Å². The summed E-state index contributed by atoms with van der Waals surface area (Å²) < 4.78 is 21.5. The maximum Gasteiger partial charge on any atom is 0.271 e. The Morgan fingerprint density at radius 2 is 1.79 bits per heavy atom. The van der Waals surface area contributed by atoms with E-state index < -0.39 is 0 Å². The lowest BCUT2D eigenvalue weighted by Crippen LogP contribution is -2.17. The molecule has 0 unspecified atom stereocenters. The standard InChI is InChI=1S/C21H24N2O5/c1-5-11-28-18-9-7-15(12-20(18)27-6-2)14-22-23-21(24)16-8-10-17(25-3)19(13-16)26-4/h5,7-10,12-14H,1,6,11H2,2-4H3,(H,23,24)/b22-14-. The van der Waals surface area contributed by atoms with E-state index in [-0.39, 0.29) is 5.91 Å². The molecular weight excluding hydrogens is 360 g/mol. The van der Waals surface area contributed by atoms with E-state index in [2.05, 4.69) is 17.1 Å². The third-order valence-electron chi connectivity index (χ3n) is 3.65. The van der Waals surface area contributed by atoms with Crippen LogP contribution in [0.5, 0.6) is 23.0 Å². The predicted octanol–water partition coefficient (Wildman–Crippen LogP) is 3.43. The molecule has 0 aliphatic carbocycles. The number of carbonyl (C=O) groups excluding carboxylic acids is 1. The van der Waals surface area contributed by atoms with Gasteiger partial charge in [-0.05, 0) is 48.9 Å². The number of hydrogen-bond donors (Lipinski definition) is 1. The summed E-state index contributed by atoms with van der Waals surface area (Å²) in [5.41, 5.74) is 3.64. The van der Waals surface area contributed by atoms with Crippen LogP contribution in [0.25, 0.3) is 0 Å². The van der Waals surface area contributed by atoms with Gasteiger partial charge in [-0.3, -0.25) is 4.79 Å². The summed E-state index contributed by atoms with van der Waals surface area (Å²) in [6.45, 7) is 6.40. The Bertz CT molecular complexity index is 849. The molecule has 28 heavy (non-hydrogen) atoms.